The van der Waals surface area contributed by atoms with Crippen molar-refractivity contribution in [1.82, 2.24) is 0 Å². The minimum absolute atomic E-state index is 0.763. The third-order valence-electron chi connectivity index (χ3n) is 1.50. The largest absolute Gasteiger partial charge is 0.0811 e. The van der Waals surface area contributed by atoms with Crippen molar-refractivity contribution in [2.24, 2.45) is 5.92 Å². The number of hydrogen-bond acceptors (Lipinski definition) is 0. The van der Waals surface area contributed by atoms with Crippen LogP contribution in [0.5, 0.6) is 0 Å². The highest BCUT2D eigenvalue weighted by atomic mass is 14.0. The fourth-order valence-electron chi connectivity index (χ4n) is 0.834. The van der Waals surface area contributed by atoms with Crippen LogP contribution in [0.25, 0.3) is 0 Å². The second-order valence-corrected chi connectivity index (χ2v) is 2.52. The first-order valence-corrected chi connectivity index (χ1v) is 4.14. The van der Waals surface area contributed by atoms with E-state index in [0.717, 1.165) is 5.92 Å². The minimum atomic E-state index is 0.763. The van der Waals surface area contributed by atoms with Crippen LogP contribution in [0.1, 0.15) is 34.1 Å². The van der Waals surface area contributed by atoms with E-state index in [2.05, 4.69) is 32.1 Å². The quantitative estimate of drug-likeness (QED) is 0.480. The zero-order valence-corrected chi connectivity index (χ0v) is 7.52. The van der Waals surface area contributed by atoms with E-state index in [1.807, 2.05) is 13.8 Å². The summed E-state index contributed by atoms with van der Waals surface area (Å²) in [5, 5.41) is 0. The molecular weight excluding hydrogens is 120 g/mol. The van der Waals surface area contributed by atoms with E-state index in [-0.39, 0.29) is 0 Å². The van der Waals surface area contributed by atoms with Gasteiger partial charge in [0.15, 0.2) is 0 Å². The molecule has 0 saturated heterocycles. The van der Waals surface area contributed by atoms with Crippen LogP contribution in [0.3, 0.4) is 0 Å². The molecule has 1 aliphatic rings. The first kappa shape index (κ1) is 9.48. The molecule has 0 bridgehead atoms. The Morgan fingerprint density at radius 3 is 2.30 bits per heavy atom. The summed E-state index contributed by atoms with van der Waals surface area (Å²) in [6, 6.07) is 0. The van der Waals surface area contributed by atoms with Gasteiger partial charge in [-0.25, -0.2) is 0 Å². The fraction of sp³-hybridized carbons (Fsp3) is 0.600. The van der Waals surface area contributed by atoms with Crippen molar-refractivity contribution in [3.63, 3.8) is 0 Å². The summed E-state index contributed by atoms with van der Waals surface area (Å²) in [6.07, 6.45) is 7.95. The van der Waals surface area contributed by atoms with Gasteiger partial charge in [0.05, 0.1) is 0 Å². The Hall–Kier alpha value is -0.520. The molecule has 0 heterocycles. The summed E-state index contributed by atoms with van der Waals surface area (Å²) < 4.78 is 0. The molecule has 1 atom stereocenters. The summed E-state index contributed by atoms with van der Waals surface area (Å²) in [6.45, 7) is 8.38. The summed E-state index contributed by atoms with van der Waals surface area (Å²) in [5.41, 5.74) is 1.41. The van der Waals surface area contributed by atoms with Gasteiger partial charge in [-0.2, -0.15) is 0 Å². The molecule has 0 N–H and O–H groups in total. The lowest BCUT2D eigenvalue weighted by Gasteiger charge is -2.06. The van der Waals surface area contributed by atoms with Gasteiger partial charge < -0.3 is 0 Å². The first-order chi connectivity index (χ1) is 4.79. The van der Waals surface area contributed by atoms with Crippen molar-refractivity contribution in [3.05, 3.63) is 23.8 Å². The topological polar surface area (TPSA) is 0 Å². The Balaban J connectivity index is 0.000000371. The highest BCUT2D eigenvalue weighted by Gasteiger charge is 1.97. The van der Waals surface area contributed by atoms with Crippen LogP contribution in [-0.4, -0.2) is 0 Å². The number of hydrogen-bond donors (Lipinski definition) is 0. The molecule has 0 saturated carbocycles. The van der Waals surface area contributed by atoms with Crippen LogP contribution in [-0.2, 0) is 0 Å². The van der Waals surface area contributed by atoms with Crippen LogP contribution < -0.4 is 0 Å². The first-order valence-electron chi connectivity index (χ1n) is 4.14. The smallest absolute Gasteiger partial charge is 0.0224 e. The summed E-state index contributed by atoms with van der Waals surface area (Å²) in [4.78, 5) is 0. The average Bonchev–Trinajstić information content (AvgIpc) is 2.00. The Morgan fingerprint density at radius 2 is 2.00 bits per heavy atom. The SMILES string of the molecule is CC.CC1=CCC(C)C=C1. The van der Waals surface area contributed by atoms with Gasteiger partial charge in [-0.15, -0.1) is 0 Å². The van der Waals surface area contributed by atoms with Gasteiger partial charge in [-0.05, 0) is 19.3 Å². The Bertz CT molecular complexity index is 129. The van der Waals surface area contributed by atoms with Crippen molar-refractivity contribution >= 4 is 0 Å². The molecule has 0 aromatic heterocycles. The maximum Gasteiger partial charge on any atom is -0.0224 e. The van der Waals surface area contributed by atoms with Crippen molar-refractivity contribution in [2.75, 3.05) is 0 Å². The molecular formula is C10H18. The van der Waals surface area contributed by atoms with Gasteiger partial charge >= 0.3 is 0 Å². The highest BCUT2D eigenvalue weighted by molar-refractivity contribution is 5.20. The van der Waals surface area contributed by atoms with E-state index in [1.54, 1.807) is 0 Å². The van der Waals surface area contributed by atoms with E-state index in [4.69, 9.17) is 0 Å². The highest BCUT2D eigenvalue weighted by Crippen LogP contribution is 2.13. The third-order valence-corrected chi connectivity index (χ3v) is 1.50. The molecule has 0 nitrogen and oxygen atoms in total. The maximum atomic E-state index is 2.28. The number of allylic oxidation sites excluding steroid dienone is 4. The van der Waals surface area contributed by atoms with Crippen LogP contribution in [0.15, 0.2) is 23.8 Å². The normalized spacial score (nSPS) is 22.8. The molecule has 0 aliphatic heterocycles. The van der Waals surface area contributed by atoms with Gasteiger partial charge in [0.2, 0.25) is 0 Å². The molecule has 1 rings (SSSR count). The van der Waals surface area contributed by atoms with Crippen LogP contribution in [0, 0.1) is 5.92 Å². The summed E-state index contributed by atoms with van der Waals surface area (Å²) >= 11 is 0. The summed E-state index contributed by atoms with van der Waals surface area (Å²) in [7, 11) is 0. The van der Waals surface area contributed by atoms with Crippen molar-refractivity contribution < 1.29 is 0 Å². The van der Waals surface area contributed by atoms with Gasteiger partial charge in [0.25, 0.3) is 0 Å². The van der Waals surface area contributed by atoms with E-state index < -0.39 is 0 Å². The lowest BCUT2D eigenvalue weighted by molar-refractivity contribution is 0.731. The Labute approximate surface area is 64.6 Å². The van der Waals surface area contributed by atoms with E-state index >= 15 is 0 Å². The molecule has 0 aromatic carbocycles. The van der Waals surface area contributed by atoms with E-state index in [1.165, 1.54) is 12.0 Å². The maximum absolute atomic E-state index is 2.28. The van der Waals surface area contributed by atoms with E-state index in [9.17, 15) is 0 Å². The third kappa shape index (κ3) is 3.49. The molecule has 58 valence electrons. The lowest BCUT2D eigenvalue weighted by Crippen LogP contribution is -1.91. The number of rotatable bonds is 0. The Kier molecular flexibility index (Phi) is 5.00. The molecule has 0 fully saturated rings. The van der Waals surface area contributed by atoms with Crippen LogP contribution in [0.4, 0.5) is 0 Å². The molecule has 0 radical (unpaired) electrons. The molecule has 0 aromatic rings. The zero-order chi connectivity index (χ0) is 7.98. The van der Waals surface area contributed by atoms with Gasteiger partial charge in [-0.3, -0.25) is 0 Å². The second-order valence-electron chi connectivity index (χ2n) is 2.52. The van der Waals surface area contributed by atoms with Gasteiger partial charge in [0.1, 0.15) is 0 Å². The molecule has 0 heteroatoms. The van der Waals surface area contributed by atoms with Crippen molar-refractivity contribution in [2.45, 2.75) is 34.1 Å². The van der Waals surface area contributed by atoms with Crippen molar-refractivity contribution in [1.29, 1.82) is 0 Å². The average molecular weight is 138 g/mol. The predicted octanol–water partition coefficient (Wildman–Crippen LogP) is 3.55. The molecule has 10 heavy (non-hydrogen) atoms. The Morgan fingerprint density at radius 1 is 1.40 bits per heavy atom. The van der Waals surface area contributed by atoms with E-state index in [0.29, 0.717) is 0 Å². The lowest BCUT2D eigenvalue weighted by atomic mass is 10.00. The van der Waals surface area contributed by atoms with Crippen molar-refractivity contribution in [3.8, 4) is 0 Å². The molecule has 1 unspecified atom stereocenters. The minimum Gasteiger partial charge on any atom is -0.0811 e. The summed E-state index contributed by atoms with van der Waals surface area (Å²) in [5.74, 6) is 0.763. The van der Waals surface area contributed by atoms with Gasteiger partial charge in [0, 0.05) is 0 Å². The second kappa shape index (κ2) is 5.28. The molecule has 0 amide bonds. The molecule has 0 spiro atoms. The molecule has 1 aliphatic carbocycles. The monoisotopic (exact) mass is 138 g/mol. The standard InChI is InChI=1S/C8H12.C2H6/c1-7-3-5-8(2)6-4-7;1-2/h3-5,8H,6H2,1-2H3;1-2H3. The zero-order valence-electron chi connectivity index (χ0n) is 7.52. The van der Waals surface area contributed by atoms with Crippen LogP contribution in [0.2, 0.25) is 0 Å². The van der Waals surface area contributed by atoms with Crippen LogP contribution >= 0.6 is 0 Å². The fourth-order valence-corrected chi connectivity index (χ4v) is 0.834. The van der Waals surface area contributed by atoms with Gasteiger partial charge in [-0.1, -0.05) is 44.6 Å². The predicted molar refractivity (Wildman–Crippen MR) is 48.0 cm³/mol.